The lowest BCUT2D eigenvalue weighted by Crippen LogP contribution is -2.07. The van der Waals surface area contributed by atoms with Gasteiger partial charge in [-0.05, 0) is 18.8 Å². The van der Waals surface area contributed by atoms with Crippen molar-refractivity contribution in [2.75, 3.05) is 6.61 Å². The van der Waals surface area contributed by atoms with Crippen molar-refractivity contribution in [1.82, 2.24) is 0 Å². The van der Waals surface area contributed by atoms with Gasteiger partial charge >= 0.3 is 5.97 Å². The van der Waals surface area contributed by atoms with Gasteiger partial charge in [-0.3, -0.25) is 4.79 Å². The van der Waals surface area contributed by atoms with Gasteiger partial charge in [-0.2, -0.15) is 0 Å². The number of unbranched alkanes of at least 4 members (excludes halogenated alkanes) is 5. The van der Waals surface area contributed by atoms with Gasteiger partial charge < -0.3 is 4.74 Å². The van der Waals surface area contributed by atoms with E-state index in [9.17, 15) is 4.79 Å². The van der Waals surface area contributed by atoms with E-state index in [1.807, 2.05) is 0 Å². The molecule has 0 N–H and O–H groups in total. The van der Waals surface area contributed by atoms with E-state index < -0.39 is 0 Å². The lowest BCUT2D eigenvalue weighted by atomic mass is 10.1. The molecule has 0 atom stereocenters. The fraction of sp³-hybridized carbons (Fsp3) is 0.929. The van der Waals surface area contributed by atoms with E-state index in [4.69, 9.17) is 4.74 Å². The highest BCUT2D eigenvalue weighted by molar-refractivity contribution is 5.69. The van der Waals surface area contributed by atoms with Crippen LogP contribution in [0.4, 0.5) is 0 Å². The summed E-state index contributed by atoms with van der Waals surface area (Å²) >= 11 is 0. The molecule has 0 saturated carbocycles. The van der Waals surface area contributed by atoms with Crippen LogP contribution in [0.15, 0.2) is 0 Å². The first kappa shape index (κ1) is 15.5. The quantitative estimate of drug-likeness (QED) is 0.411. The second kappa shape index (κ2) is 11.0. The van der Waals surface area contributed by atoms with Crippen molar-refractivity contribution >= 4 is 5.97 Å². The highest BCUT2D eigenvalue weighted by Gasteiger charge is 2.03. The summed E-state index contributed by atoms with van der Waals surface area (Å²) in [5, 5.41) is 0. The van der Waals surface area contributed by atoms with E-state index in [0.29, 0.717) is 18.9 Å². The highest BCUT2D eigenvalue weighted by atomic mass is 16.5. The van der Waals surface area contributed by atoms with Crippen molar-refractivity contribution < 1.29 is 9.53 Å². The number of carbonyl (C=O) groups excluding carboxylic acids is 1. The number of rotatable bonds is 10. The molecule has 2 nitrogen and oxygen atoms in total. The highest BCUT2D eigenvalue weighted by Crippen LogP contribution is 2.08. The number of carbonyl (C=O) groups is 1. The molecule has 0 radical (unpaired) electrons. The van der Waals surface area contributed by atoms with Gasteiger partial charge in [-0.25, -0.2) is 0 Å². The maximum Gasteiger partial charge on any atom is 0.305 e. The molecule has 0 aliphatic heterocycles. The van der Waals surface area contributed by atoms with Crippen molar-refractivity contribution in [3.05, 3.63) is 0 Å². The van der Waals surface area contributed by atoms with Crippen LogP contribution in [0.25, 0.3) is 0 Å². The summed E-state index contributed by atoms with van der Waals surface area (Å²) in [6.45, 7) is 7.08. The SMILES string of the molecule is CCCCCCCCC(=O)OCCC(C)C. The Balaban J connectivity index is 3.17. The van der Waals surface area contributed by atoms with Gasteiger partial charge in [-0.15, -0.1) is 0 Å². The average molecular weight is 228 g/mol. The fourth-order valence-electron chi connectivity index (χ4n) is 1.53. The second-order valence-electron chi connectivity index (χ2n) is 4.92. The number of ether oxygens (including phenoxy) is 1. The molecular weight excluding hydrogens is 200 g/mol. The Bertz CT molecular complexity index is 164. The molecule has 0 aliphatic carbocycles. The van der Waals surface area contributed by atoms with Crippen LogP contribution in [0.1, 0.15) is 72.1 Å². The van der Waals surface area contributed by atoms with E-state index >= 15 is 0 Å². The smallest absolute Gasteiger partial charge is 0.305 e. The summed E-state index contributed by atoms with van der Waals surface area (Å²) in [5.74, 6) is 0.595. The van der Waals surface area contributed by atoms with Gasteiger partial charge in [0.15, 0.2) is 0 Å². The van der Waals surface area contributed by atoms with Crippen LogP contribution in [0, 0.1) is 5.92 Å². The number of esters is 1. The first-order valence-corrected chi connectivity index (χ1v) is 6.82. The minimum atomic E-state index is -0.0175. The predicted octanol–water partition coefficient (Wildman–Crippen LogP) is 4.33. The summed E-state index contributed by atoms with van der Waals surface area (Å²) in [5.41, 5.74) is 0. The monoisotopic (exact) mass is 228 g/mol. The Hall–Kier alpha value is -0.530. The van der Waals surface area contributed by atoms with Crippen molar-refractivity contribution in [3.8, 4) is 0 Å². The molecule has 0 heterocycles. The molecule has 0 spiro atoms. The van der Waals surface area contributed by atoms with Crippen LogP contribution in [0.2, 0.25) is 0 Å². The van der Waals surface area contributed by atoms with Crippen LogP contribution in [0.5, 0.6) is 0 Å². The maximum absolute atomic E-state index is 11.3. The second-order valence-corrected chi connectivity index (χ2v) is 4.92. The normalized spacial score (nSPS) is 10.8. The largest absolute Gasteiger partial charge is 0.466 e. The standard InChI is InChI=1S/C14H28O2/c1-4-5-6-7-8-9-10-14(15)16-12-11-13(2)3/h13H,4-12H2,1-3H3. The molecule has 0 aliphatic rings. The Morgan fingerprint density at radius 2 is 1.69 bits per heavy atom. The Labute approximate surface area is 101 Å². The van der Waals surface area contributed by atoms with E-state index in [1.54, 1.807) is 0 Å². The molecule has 0 aromatic rings. The van der Waals surface area contributed by atoms with Gasteiger partial charge in [0.05, 0.1) is 6.61 Å². The molecule has 0 amide bonds. The first-order valence-electron chi connectivity index (χ1n) is 6.82. The molecule has 0 unspecified atom stereocenters. The van der Waals surface area contributed by atoms with Gasteiger partial charge in [0, 0.05) is 6.42 Å². The lowest BCUT2D eigenvalue weighted by molar-refractivity contribution is -0.144. The van der Waals surface area contributed by atoms with Gasteiger partial charge in [0.2, 0.25) is 0 Å². The minimum Gasteiger partial charge on any atom is -0.466 e. The Kier molecular flexibility index (Phi) is 10.6. The predicted molar refractivity (Wildman–Crippen MR) is 68.4 cm³/mol. The molecule has 0 rings (SSSR count). The molecule has 0 aromatic heterocycles. The molecular formula is C14H28O2. The summed E-state index contributed by atoms with van der Waals surface area (Å²) in [6.07, 6.45) is 8.89. The van der Waals surface area contributed by atoms with Crippen molar-refractivity contribution in [3.63, 3.8) is 0 Å². The Morgan fingerprint density at radius 1 is 1.06 bits per heavy atom. The summed E-state index contributed by atoms with van der Waals surface area (Å²) in [6, 6.07) is 0. The van der Waals surface area contributed by atoms with Gasteiger partial charge in [0.25, 0.3) is 0 Å². The van der Waals surface area contributed by atoms with Crippen LogP contribution in [-0.4, -0.2) is 12.6 Å². The lowest BCUT2D eigenvalue weighted by Gasteiger charge is -2.06. The molecule has 0 bridgehead atoms. The third kappa shape index (κ3) is 11.5. The van der Waals surface area contributed by atoms with Gasteiger partial charge in [-0.1, -0.05) is 52.9 Å². The molecule has 2 heteroatoms. The molecule has 0 saturated heterocycles. The van der Waals surface area contributed by atoms with E-state index in [0.717, 1.165) is 12.8 Å². The third-order valence-corrected chi connectivity index (χ3v) is 2.69. The molecule has 0 fully saturated rings. The maximum atomic E-state index is 11.3. The first-order chi connectivity index (χ1) is 7.66. The van der Waals surface area contributed by atoms with Crippen LogP contribution in [-0.2, 0) is 9.53 Å². The van der Waals surface area contributed by atoms with E-state index in [-0.39, 0.29) is 5.97 Å². The minimum absolute atomic E-state index is 0.0175. The molecule has 96 valence electrons. The van der Waals surface area contributed by atoms with Crippen molar-refractivity contribution in [1.29, 1.82) is 0 Å². The summed E-state index contributed by atoms with van der Waals surface area (Å²) < 4.78 is 5.14. The summed E-state index contributed by atoms with van der Waals surface area (Å²) in [7, 11) is 0. The number of hydrogen-bond acceptors (Lipinski definition) is 2. The third-order valence-electron chi connectivity index (χ3n) is 2.69. The van der Waals surface area contributed by atoms with Crippen molar-refractivity contribution in [2.24, 2.45) is 5.92 Å². The van der Waals surface area contributed by atoms with Crippen molar-refractivity contribution in [2.45, 2.75) is 72.1 Å². The fourth-order valence-corrected chi connectivity index (χ4v) is 1.53. The van der Waals surface area contributed by atoms with Crippen LogP contribution < -0.4 is 0 Å². The van der Waals surface area contributed by atoms with Gasteiger partial charge in [0.1, 0.15) is 0 Å². The Morgan fingerprint density at radius 3 is 2.31 bits per heavy atom. The zero-order chi connectivity index (χ0) is 12.2. The number of hydrogen-bond donors (Lipinski definition) is 0. The van der Waals surface area contributed by atoms with E-state index in [1.165, 1.54) is 32.1 Å². The zero-order valence-electron chi connectivity index (χ0n) is 11.3. The van der Waals surface area contributed by atoms with E-state index in [2.05, 4.69) is 20.8 Å². The molecule has 16 heavy (non-hydrogen) atoms. The van der Waals surface area contributed by atoms with Crippen LogP contribution in [0.3, 0.4) is 0 Å². The summed E-state index contributed by atoms with van der Waals surface area (Å²) in [4.78, 5) is 11.3. The van der Waals surface area contributed by atoms with Crippen LogP contribution >= 0.6 is 0 Å². The average Bonchev–Trinajstić information content (AvgIpc) is 2.22. The topological polar surface area (TPSA) is 26.3 Å². The molecule has 0 aromatic carbocycles. The zero-order valence-corrected chi connectivity index (χ0v) is 11.3.